The number of hydrogen-bond donors (Lipinski definition) is 3. The second-order valence-corrected chi connectivity index (χ2v) is 5.55. The number of anilines is 3. The lowest BCUT2D eigenvalue weighted by molar-refractivity contribution is -0.116. The van der Waals surface area contributed by atoms with E-state index in [9.17, 15) is 14.4 Å². The molecule has 0 aromatic heterocycles. The van der Waals surface area contributed by atoms with Crippen LogP contribution in [0.3, 0.4) is 0 Å². The van der Waals surface area contributed by atoms with Gasteiger partial charge in [-0.05, 0) is 48.5 Å². The fraction of sp³-hybridized carbons (Fsp3) is 0.211. The molecule has 0 aliphatic rings. The van der Waals surface area contributed by atoms with E-state index in [0.717, 1.165) is 5.69 Å². The summed E-state index contributed by atoms with van der Waals surface area (Å²) in [6, 6.07) is 13.7. The maximum atomic E-state index is 12.0. The maximum absolute atomic E-state index is 12.0. The molecule has 0 fully saturated rings. The molecule has 0 aliphatic carbocycles. The van der Waals surface area contributed by atoms with Crippen molar-refractivity contribution < 1.29 is 19.1 Å². The maximum Gasteiger partial charge on any atom is 0.337 e. The van der Waals surface area contributed by atoms with Gasteiger partial charge in [-0.25, -0.2) is 4.79 Å². The smallest absolute Gasteiger partial charge is 0.337 e. The molecule has 0 atom stereocenters. The van der Waals surface area contributed by atoms with Crippen LogP contribution < -0.4 is 16.0 Å². The Morgan fingerprint density at radius 3 is 1.92 bits per heavy atom. The molecule has 2 aromatic rings. The van der Waals surface area contributed by atoms with Gasteiger partial charge >= 0.3 is 5.97 Å². The summed E-state index contributed by atoms with van der Waals surface area (Å²) in [5.41, 5.74) is 2.61. The lowest BCUT2D eigenvalue weighted by atomic mass is 10.2. The van der Waals surface area contributed by atoms with Gasteiger partial charge in [0.15, 0.2) is 0 Å². The summed E-state index contributed by atoms with van der Waals surface area (Å²) >= 11 is 0. The SMILES string of the molecule is COC(=O)c1ccc(NCCC(=O)Nc2ccc(NC(C)=O)cc2)cc1. The number of carbonyl (C=O) groups excluding carboxylic acids is 3. The molecule has 7 heteroatoms. The second kappa shape index (κ2) is 9.22. The molecule has 0 bridgehead atoms. The molecule has 136 valence electrons. The average molecular weight is 355 g/mol. The molecule has 2 amide bonds. The Balaban J connectivity index is 1.76. The number of nitrogens with one attached hydrogen (secondary N) is 3. The molecule has 0 heterocycles. The third-order valence-electron chi connectivity index (χ3n) is 3.48. The van der Waals surface area contributed by atoms with E-state index in [1.807, 2.05) is 0 Å². The van der Waals surface area contributed by atoms with Crippen molar-refractivity contribution in [2.45, 2.75) is 13.3 Å². The summed E-state index contributed by atoms with van der Waals surface area (Å²) in [6.07, 6.45) is 0.284. The van der Waals surface area contributed by atoms with Gasteiger partial charge in [0.2, 0.25) is 11.8 Å². The van der Waals surface area contributed by atoms with Crippen molar-refractivity contribution in [3.63, 3.8) is 0 Å². The normalized spacial score (nSPS) is 9.92. The second-order valence-electron chi connectivity index (χ2n) is 5.55. The minimum absolute atomic E-state index is 0.129. The van der Waals surface area contributed by atoms with Crippen molar-refractivity contribution in [1.29, 1.82) is 0 Å². The highest BCUT2D eigenvalue weighted by molar-refractivity contribution is 5.92. The number of amides is 2. The van der Waals surface area contributed by atoms with Crippen molar-refractivity contribution >= 4 is 34.8 Å². The fourth-order valence-electron chi connectivity index (χ4n) is 2.23. The topological polar surface area (TPSA) is 96.5 Å². The van der Waals surface area contributed by atoms with E-state index in [1.165, 1.54) is 14.0 Å². The highest BCUT2D eigenvalue weighted by Gasteiger charge is 2.05. The summed E-state index contributed by atoms with van der Waals surface area (Å²) in [5, 5.41) is 8.57. The minimum Gasteiger partial charge on any atom is -0.465 e. The minimum atomic E-state index is -0.388. The number of benzene rings is 2. The number of hydrogen-bond acceptors (Lipinski definition) is 5. The zero-order valence-corrected chi connectivity index (χ0v) is 14.7. The third kappa shape index (κ3) is 5.94. The molecular weight excluding hydrogens is 334 g/mol. The van der Waals surface area contributed by atoms with Crippen molar-refractivity contribution in [3.05, 3.63) is 54.1 Å². The molecule has 0 spiro atoms. The molecule has 26 heavy (non-hydrogen) atoms. The van der Waals surface area contributed by atoms with E-state index in [2.05, 4.69) is 20.7 Å². The summed E-state index contributed by atoms with van der Waals surface area (Å²) in [5.74, 6) is -0.663. The predicted octanol–water partition coefficient (Wildman–Crippen LogP) is 2.87. The third-order valence-corrected chi connectivity index (χ3v) is 3.48. The van der Waals surface area contributed by atoms with Gasteiger partial charge in [0.05, 0.1) is 12.7 Å². The number of rotatable bonds is 7. The monoisotopic (exact) mass is 355 g/mol. The van der Waals surface area contributed by atoms with Gasteiger partial charge < -0.3 is 20.7 Å². The van der Waals surface area contributed by atoms with Gasteiger partial charge in [0.1, 0.15) is 0 Å². The molecule has 0 aliphatic heterocycles. The first-order valence-corrected chi connectivity index (χ1v) is 8.07. The molecule has 3 N–H and O–H groups in total. The highest BCUT2D eigenvalue weighted by atomic mass is 16.5. The molecule has 2 aromatic carbocycles. The van der Waals surface area contributed by atoms with Crippen LogP contribution in [0, 0.1) is 0 Å². The van der Waals surface area contributed by atoms with Gasteiger partial charge in [0, 0.05) is 37.0 Å². The van der Waals surface area contributed by atoms with Crippen LogP contribution in [-0.4, -0.2) is 31.4 Å². The Hall–Kier alpha value is -3.35. The summed E-state index contributed by atoms with van der Waals surface area (Å²) in [4.78, 5) is 34.3. The van der Waals surface area contributed by atoms with Crippen LogP contribution in [0.4, 0.5) is 17.1 Å². The Morgan fingerprint density at radius 1 is 0.846 bits per heavy atom. The van der Waals surface area contributed by atoms with E-state index in [4.69, 9.17) is 0 Å². The molecule has 0 saturated carbocycles. The Kier molecular flexibility index (Phi) is 6.73. The Bertz CT molecular complexity index is 770. The zero-order valence-electron chi connectivity index (χ0n) is 14.7. The number of methoxy groups -OCH3 is 1. The lowest BCUT2D eigenvalue weighted by Gasteiger charge is -2.09. The van der Waals surface area contributed by atoms with E-state index in [-0.39, 0.29) is 24.2 Å². The predicted molar refractivity (Wildman–Crippen MR) is 100 cm³/mol. The summed E-state index contributed by atoms with van der Waals surface area (Å²) in [7, 11) is 1.33. The van der Waals surface area contributed by atoms with E-state index >= 15 is 0 Å². The molecule has 0 saturated heterocycles. The highest BCUT2D eigenvalue weighted by Crippen LogP contribution is 2.14. The zero-order chi connectivity index (χ0) is 18.9. The summed E-state index contributed by atoms with van der Waals surface area (Å²) < 4.78 is 4.64. The van der Waals surface area contributed by atoms with Gasteiger partial charge in [-0.3, -0.25) is 9.59 Å². The lowest BCUT2D eigenvalue weighted by Crippen LogP contribution is -2.16. The Labute approximate surface area is 151 Å². The molecule has 0 unspecified atom stereocenters. The van der Waals surface area contributed by atoms with Crippen molar-refractivity contribution in [1.82, 2.24) is 0 Å². The first kappa shape index (κ1) is 19.0. The van der Waals surface area contributed by atoms with Gasteiger partial charge in [-0.2, -0.15) is 0 Å². The molecule has 0 radical (unpaired) electrons. The van der Waals surface area contributed by atoms with Crippen LogP contribution in [0.1, 0.15) is 23.7 Å². The van der Waals surface area contributed by atoms with Crippen LogP contribution in [-0.2, 0) is 14.3 Å². The first-order valence-electron chi connectivity index (χ1n) is 8.07. The van der Waals surface area contributed by atoms with Crippen molar-refractivity contribution in [2.75, 3.05) is 29.6 Å². The van der Waals surface area contributed by atoms with Crippen LogP contribution >= 0.6 is 0 Å². The van der Waals surface area contributed by atoms with Gasteiger partial charge in [0.25, 0.3) is 0 Å². The van der Waals surface area contributed by atoms with Crippen LogP contribution in [0.15, 0.2) is 48.5 Å². The molecular formula is C19H21N3O4. The van der Waals surface area contributed by atoms with Crippen LogP contribution in [0.25, 0.3) is 0 Å². The largest absolute Gasteiger partial charge is 0.465 e. The van der Waals surface area contributed by atoms with Gasteiger partial charge in [-0.1, -0.05) is 0 Å². The van der Waals surface area contributed by atoms with E-state index in [1.54, 1.807) is 48.5 Å². The summed E-state index contributed by atoms with van der Waals surface area (Å²) in [6.45, 7) is 1.89. The van der Waals surface area contributed by atoms with E-state index in [0.29, 0.717) is 23.5 Å². The molecule has 7 nitrogen and oxygen atoms in total. The quantitative estimate of drug-likeness (QED) is 0.664. The molecule has 2 rings (SSSR count). The van der Waals surface area contributed by atoms with E-state index < -0.39 is 0 Å². The van der Waals surface area contributed by atoms with Crippen LogP contribution in [0.5, 0.6) is 0 Å². The average Bonchev–Trinajstić information content (AvgIpc) is 2.63. The first-order chi connectivity index (χ1) is 12.5. The number of ether oxygens (including phenoxy) is 1. The fourth-order valence-corrected chi connectivity index (χ4v) is 2.23. The van der Waals surface area contributed by atoms with Crippen LogP contribution in [0.2, 0.25) is 0 Å². The standard InChI is InChI=1S/C19H21N3O4/c1-13(23)21-16-7-9-17(10-8-16)22-18(24)11-12-20-15-5-3-14(4-6-15)19(25)26-2/h3-10,20H,11-12H2,1-2H3,(H,21,23)(H,22,24). The van der Waals surface area contributed by atoms with Crippen molar-refractivity contribution in [3.8, 4) is 0 Å². The number of carbonyl (C=O) groups is 3. The van der Waals surface area contributed by atoms with Gasteiger partial charge in [-0.15, -0.1) is 0 Å². The number of esters is 1. The Morgan fingerprint density at radius 2 is 1.38 bits per heavy atom. The van der Waals surface area contributed by atoms with Crippen molar-refractivity contribution in [2.24, 2.45) is 0 Å².